The second-order valence-electron chi connectivity index (χ2n) is 4.92. The van der Waals surface area contributed by atoms with Crippen molar-refractivity contribution in [3.8, 4) is 11.8 Å². The number of ether oxygens (including phenoxy) is 1. The fourth-order valence-electron chi connectivity index (χ4n) is 1.87. The second-order valence-corrected chi connectivity index (χ2v) is 4.92. The van der Waals surface area contributed by atoms with E-state index in [-0.39, 0.29) is 12.3 Å². The summed E-state index contributed by atoms with van der Waals surface area (Å²) >= 11 is 0. The van der Waals surface area contributed by atoms with E-state index in [1.165, 1.54) is 18.3 Å². The highest BCUT2D eigenvalue weighted by molar-refractivity contribution is 5.82. The monoisotopic (exact) mass is 350 g/mol. The molecule has 8 nitrogen and oxygen atoms in total. The highest BCUT2D eigenvalue weighted by Crippen LogP contribution is 2.16. The number of para-hydroxylation sites is 1. The Labute approximate surface area is 149 Å². The Bertz CT molecular complexity index is 883. The molecule has 0 heterocycles. The van der Waals surface area contributed by atoms with Gasteiger partial charge >= 0.3 is 0 Å². The molecule has 0 aromatic heterocycles. The van der Waals surface area contributed by atoms with Gasteiger partial charge in [0.15, 0.2) is 6.61 Å². The van der Waals surface area contributed by atoms with Crippen LogP contribution in [0.5, 0.6) is 5.75 Å². The molecule has 0 radical (unpaired) electrons. The molecule has 2 aromatic rings. The van der Waals surface area contributed by atoms with Crippen LogP contribution in [-0.4, -0.2) is 23.7 Å². The summed E-state index contributed by atoms with van der Waals surface area (Å²) in [6.07, 6.45) is 4.62. The first-order chi connectivity index (χ1) is 12.6. The highest BCUT2D eigenvalue weighted by Gasteiger charge is 2.05. The average molecular weight is 350 g/mol. The van der Waals surface area contributed by atoms with E-state index >= 15 is 0 Å². The Morgan fingerprint density at radius 2 is 2.00 bits per heavy atom. The summed E-state index contributed by atoms with van der Waals surface area (Å²) in [4.78, 5) is 21.7. The minimum atomic E-state index is -0.474. The zero-order valence-corrected chi connectivity index (χ0v) is 13.5. The average Bonchev–Trinajstić information content (AvgIpc) is 2.66. The van der Waals surface area contributed by atoms with Crippen LogP contribution in [0.25, 0.3) is 6.08 Å². The van der Waals surface area contributed by atoms with Crippen LogP contribution < -0.4 is 10.2 Å². The van der Waals surface area contributed by atoms with E-state index in [1.807, 2.05) is 6.07 Å². The van der Waals surface area contributed by atoms with E-state index in [0.29, 0.717) is 11.3 Å². The first kappa shape index (κ1) is 18.4. The van der Waals surface area contributed by atoms with Crippen molar-refractivity contribution in [3.05, 3.63) is 75.8 Å². The fourth-order valence-corrected chi connectivity index (χ4v) is 1.87. The van der Waals surface area contributed by atoms with Gasteiger partial charge in [-0.1, -0.05) is 18.2 Å². The van der Waals surface area contributed by atoms with Crippen LogP contribution in [-0.2, 0) is 4.79 Å². The number of non-ortho nitro benzene ring substituents is 1. The molecule has 0 aliphatic heterocycles. The predicted octanol–water partition coefficient (Wildman–Crippen LogP) is 2.66. The molecule has 0 aliphatic rings. The molecule has 26 heavy (non-hydrogen) atoms. The van der Waals surface area contributed by atoms with E-state index in [2.05, 4.69) is 10.5 Å². The molecule has 0 saturated carbocycles. The van der Waals surface area contributed by atoms with E-state index in [4.69, 9.17) is 10.00 Å². The molecule has 0 atom stereocenters. The van der Waals surface area contributed by atoms with Crippen molar-refractivity contribution in [3.63, 3.8) is 0 Å². The Morgan fingerprint density at radius 1 is 1.27 bits per heavy atom. The summed E-state index contributed by atoms with van der Waals surface area (Å²) < 4.78 is 5.27. The van der Waals surface area contributed by atoms with Crippen molar-refractivity contribution < 1.29 is 14.5 Å². The number of allylic oxidation sites excluding steroid dienone is 1. The normalized spacial score (nSPS) is 10.6. The summed E-state index contributed by atoms with van der Waals surface area (Å²) in [5.74, 6) is -0.148. The highest BCUT2D eigenvalue weighted by atomic mass is 16.6. The van der Waals surface area contributed by atoms with E-state index in [0.717, 1.165) is 5.56 Å². The van der Waals surface area contributed by atoms with Crippen molar-refractivity contribution in [1.82, 2.24) is 5.43 Å². The number of hydrogen-bond acceptors (Lipinski definition) is 6. The Hall–Kier alpha value is -3.99. The van der Waals surface area contributed by atoms with Crippen LogP contribution >= 0.6 is 0 Å². The number of rotatable bonds is 7. The van der Waals surface area contributed by atoms with Gasteiger partial charge in [0.25, 0.3) is 11.6 Å². The molecule has 0 unspecified atom stereocenters. The van der Waals surface area contributed by atoms with Gasteiger partial charge < -0.3 is 4.74 Å². The van der Waals surface area contributed by atoms with Gasteiger partial charge in [-0.2, -0.15) is 10.4 Å². The molecule has 0 spiro atoms. The lowest BCUT2D eigenvalue weighted by Crippen LogP contribution is -2.24. The lowest BCUT2D eigenvalue weighted by atomic mass is 10.2. The number of nitrogens with zero attached hydrogens (tertiary/aromatic N) is 3. The Morgan fingerprint density at radius 3 is 2.69 bits per heavy atom. The molecule has 1 amide bonds. The number of hydrazone groups is 1. The van der Waals surface area contributed by atoms with Gasteiger partial charge in [0, 0.05) is 18.3 Å². The molecule has 0 fully saturated rings. The third-order valence-corrected chi connectivity index (χ3v) is 3.11. The number of nitro benzene ring substituents is 1. The smallest absolute Gasteiger partial charge is 0.277 e. The summed E-state index contributed by atoms with van der Waals surface area (Å²) in [6, 6.07) is 14.6. The van der Waals surface area contributed by atoms with Crippen LogP contribution in [0.1, 0.15) is 11.1 Å². The quantitative estimate of drug-likeness (QED) is 0.468. The topological polar surface area (TPSA) is 118 Å². The number of nitriles is 1. The SMILES string of the molecule is N#Cc1ccccc1OCC(=O)N/N=C\C=C\c1ccc([N+](=O)[O-])cc1. The molecular weight excluding hydrogens is 336 g/mol. The van der Waals surface area contributed by atoms with Crippen LogP contribution in [0.4, 0.5) is 5.69 Å². The maximum atomic E-state index is 11.6. The first-order valence-corrected chi connectivity index (χ1v) is 7.45. The van der Waals surface area contributed by atoms with Crippen molar-refractivity contribution in [1.29, 1.82) is 5.26 Å². The van der Waals surface area contributed by atoms with Crippen LogP contribution in [0.2, 0.25) is 0 Å². The second kappa shape index (κ2) is 9.34. The maximum absolute atomic E-state index is 11.6. The summed E-state index contributed by atoms with van der Waals surface area (Å²) in [6.45, 7) is -0.276. The van der Waals surface area contributed by atoms with Gasteiger partial charge in [-0.05, 0) is 35.9 Å². The number of nitro groups is 1. The van der Waals surface area contributed by atoms with Gasteiger partial charge in [0.05, 0.1) is 10.5 Å². The molecule has 0 bridgehead atoms. The standard InChI is InChI=1S/C18H14N4O4/c19-12-15-5-1-2-6-17(15)26-13-18(23)21-20-11-3-4-14-7-9-16(10-8-14)22(24)25/h1-11H,13H2,(H,21,23)/b4-3+,20-11-. The summed E-state index contributed by atoms with van der Waals surface area (Å²) in [7, 11) is 0. The number of benzene rings is 2. The zero-order valence-electron chi connectivity index (χ0n) is 13.5. The predicted molar refractivity (Wildman–Crippen MR) is 95.4 cm³/mol. The van der Waals surface area contributed by atoms with Gasteiger partial charge in [-0.3, -0.25) is 14.9 Å². The largest absolute Gasteiger partial charge is 0.482 e. The molecule has 0 aliphatic carbocycles. The number of nitrogens with one attached hydrogen (secondary N) is 1. The van der Waals surface area contributed by atoms with Crippen molar-refractivity contribution in [2.24, 2.45) is 5.10 Å². The van der Waals surface area contributed by atoms with Gasteiger partial charge in [0.1, 0.15) is 11.8 Å². The lowest BCUT2D eigenvalue weighted by Gasteiger charge is -2.05. The number of hydrogen-bond donors (Lipinski definition) is 1. The van der Waals surface area contributed by atoms with Crippen molar-refractivity contribution >= 4 is 23.9 Å². The van der Waals surface area contributed by atoms with Crippen molar-refractivity contribution in [2.75, 3.05) is 6.61 Å². The maximum Gasteiger partial charge on any atom is 0.277 e. The van der Waals surface area contributed by atoms with Gasteiger partial charge in [-0.25, -0.2) is 5.43 Å². The number of carbonyl (C=O) groups is 1. The Balaban J connectivity index is 1.78. The van der Waals surface area contributed by atoms with E-state index < -0.39 is 10.8 Å². The minimum absolute atomic E-state index is 0.0149. The molecule has 2 rings (SSSR count). The lowest BCUT2D eigenvalue weighted by molar-refractivity contribution is -0.384. The summed E-state index contributed by atoms with van der Waals surface area (Å²) in [5.41, 5.74) is 3.39. The van der Waals surface area contributed by atoms with Gasteiger partial charge in [-0.15, -0.1) is 0 Å². The molecule has 2 aromatic carbocycles. The van der Waals surface area contributed by atoms with Crippen LogP contribution in [0, 0.1) is 21.4 Å². The minimum Gasteiger partial charge on any atom is -0.482 e. The summed E-state index contributed by atoms with van der Waals surface area (Å²) in [5, 5.41) is 23.2. The van der Waals surface area contributed by atoms with E-state index in [9.17, 15) is 14.9 Å². The molecular formula is C18H14N4O4. The van der Waals surface area contributed by atoms with Crippen molar-refractivity contribution in [2.45, 2.75) is 0 Å². The van der Waals surface area contributed by atoms with E-state index in [1.54, 1.807) is 48.6 Å². The molecule has 1 N–H and O–H groups in total. The third kappa shape index (κ3) is 5.58. The van der Waals surface area contributed by atoms with Gasteiger partial charge in [0.2, 0.25) is 0 Å². The molecule has 8 heteroatoms. The molecule has 0 saturated heterocycles. The molecule has 130 valence electrons. The Kier molecular flexibility index (Phi) is 6.59. The number of amides is 1. The third-order valence-electron chi connectivity index (χ3n) is 3.11. The van der Waals surface area contributed by atoms with Crippen LogP contribution in [0.3, 0.4) is 0 Å². The first-order valence-electron chi connectivity index (χ1n) is 7.45. The fraction of sp³-hybridized carbons (Fsp3) is 0.0556. The zero-order chi connectivity index (χ0) is 18.8. The number of carbonyl (C=O) groups excluding carboxylic acids is 1. The van der Waals surface area contributed by atoms with Crippen LogP contribution in [0.15, 0.2) is 59.7 Å².